The number of nitrogens with zero attached hydrogens (tertiary/aromatic N) is 1. The summed E-state index contributed by atoms with van der Waals surface area (Å²) in [7, 11) is 0. The molecule has 1 fully saturated rings. The van der Waals surface area contributed by atoms with E-state index in [0.717, 1.165) is 24.3 Å². The fraction of sp³-hybridized carbons (Fsp3) is 0.600. The highest BCUT2D eigenvalue weighted by atomic mass is 32.1. The van der Waals surface area contributed by atoms with Crippen molar-refractivity contribution in [3.8, 4) is 0 Å². The Balaban J connectivity index is 1.94. The van der Waals surface area contributed by atoms with E-state index in [-0.39, 0.29) is 11.9 Å². The van der Waals surface area contributed by atoms with Crippen molar-refractivity contribution in [2.24, 2.45) is 0 Å². The van der Waals surface area contributed by atoms with Gasteiger partial charge in [0.2, 0.25) is 5.91 Å². The van der Waals surface area contributed by atoms with Crippen molar-refractivity contribution in [3.63, 3.8) is 0 Å². The van der Waals surface area contributed by atoms with Crippen LogP contribution in [0.4, 0.5) is 5.82 Å². The normalized spacial score (nSPS) is 21.3. The molecule has 2 heterocycles. The number of thiazole rings is 1. The second-order valence-corrected chi connectivity index (χ2v) is 4.81. The number of anilines is 1. The average molecular weight is 225 g/mol. The van der Waals surface area contributed by atoms with Crippen LogP contribution in [0.2, 0.25) is 0 Å². The maximum Gasteiger partial charge on any atom is 0.242 e. The van der Waals surface area contributed by atoms with Crippen molar-refractivity contribution in [1.29, 1.82) is 0 Å². The molecular weight excluding hydrogens is 210 g/mol. The zero-order valence-electron chi connectivity index (χ0n) is 8.75. The Morgan fingerprint density at radius 3 is 3.13 bits per heavy atom. The van der Waals surface area contributed by atoms with E-state index in [9.17, 15) is 4.79 Å². The van der Waals surface area contributed by atoms with E-state index in [1.165, 1.54) is 6.42 Å². The van der Waals surface area contributed by atoms with E-state index in [1.54, 1.807) is 16.8 Å². The summed E-state index contributed by atoms with van der Waals surface area (Å²) in [4.78, 5) is 17.0. The first kappa shape index (κ1) is 10.6. The summed E-state index contributed by atoms with van der Waals surface area (Å²) in [6.07, 6.45) is 3.22. The Hall–Kier alpha value is -0.940. The second kappa shape index (κ2) is 4.72. The molecule has 4 nitrogen and oxygen atoms in total. The largest absolute Gasteiger partial charge is 0.308 e. The van der Waals surface area contributed by atoms with Gasteiger partial charge in [-0.05, 0) is 26.3 Å². The fourth-order valence-corrected chi connectivity index (χ4v) is 2.24. The molecule has 1 aliphatic rings. The van der Waals surface area contributed by atoms with E-state index in [1.807, 2.05) is 6.92 Å². The summed E-state index contributed by atoms with van der Waals surface area (Å²) < 4.78 is 0. The van der Waals surface area contributed by atoms with Crippen LogP contribution in [0.25, 0.3) is 0 Å². The first-order chi connectivity index (χ1) is 7.27. The highest BCUT2D eigenvalue weighted by Crippen LogP contribution is 2.17. The number of nitrogens with one attached hydrogen (secondary N) is 2. The Morgan fingerprint density at radius 1 is 1.67 bits per heavy atom. The smallest absolute Gasteiger partial charge is 0.242 e. The van der Waals surface area contributed by atoms with Gasteiger partial charge >= 0.3 is 0 Å². The highest BCUT2D eigenvalue weighted by molar-refractivity contribution is 7.10. The predicted molar refractivity (Wildman–Crippen MR) is 61.1 cm³/mol. The Morgan fingerprint density at radius 2 is 2.53 bits per heavy atom. The number of rotatable bonds is 2. The van der Waals surface area contributed by atoms with Gasteiger partial charge in [0.25, 0.3) is 0 Å². The molecule has 2 rings (SSSR count). The van der Waals surface area contributed by atoms with Crippen LogP contribution in [-0.4, -0.2) is 23.5 Å². The Labute approximate surface area is 93.1 Å². The van der Waals surface area contributed by atoms with E-state index in [2.05, 4.69) is 15.6 Å². The monoisotopic (exact) mass is 225 g/mol. The summed E-state index contributed by atoms with van der Waals surface area (Å²) in [5.74, 6) is 0.751. The van der Waals surface area contributed by atoms with E-state index >= 15 is 0 Å². The van der Waals surface area contributed by atoms with Gasteiger partial charge in [0.15, 0.2) is 0 Å². The fourth-order valence-electron chi connectivity index (χ4n) is 1.70. The Kier molecular flexibility index (Phi) is 3.33. The van der Waals surface area contributed by atoms with Crippen LogP contribution in [-0.2, 0) is 4.79 Å². The lowest BCUT2D eigenvalue weighted by Gasteiger charge is -2.22. The molecule has 5 heteroatoms. The van der Waals surface area contributed by atoms with Crippen molar-refractivity contribution < 1.29 is 4.79 Å². The molecule has 1 saturated heterocycles. The molecule has 1 amide bonds. The van der Waals surface area contributed by atoms with E-state index in [0.29, 0.717) is 5.82 Å². The van der Waals surface area contributed by atoms with Gasteiger partial charge in [-0.1, -0.05) is 6.42 Å². The van der Waals surface area contributed by atoms with Crippen molar-refractivity contribution in [1.82, 2.24) is 10.3 Å². The Bertz CT molecular complexity index is 344. The molecule has 15 heavy (non-hydrogen) atoms. The van der Waals surface area contributed by atoms with Crippen LogP contribution in [0.1, 0.15) is 24.1 Å². The van der Waals surface area contributed by atoms with Crippen LogP contribution >= 0.6 is 11.3 Å². The van der Waals surface area contributed by atoms with Gasteiger partial charge in [-0.15, -0.1) is 11.3 Å². The lowest BCUT2D eigenvalue weighted by atomic mass is 10.0. The van der Waals surface area contributed by atoms with Crippen molar-refractivity contribution in [2.75, 3.05) is 11.9 Å². The molecular formula is C10H15N3OS. The van der Waals surface area contributed by atoms with Crippen molar-refractivity contribution >= 4 is 23.1 Å². The number of aryl methyl sites for hydroxylation is 1. The zero-order valence-corrected chi connectivity index (χ0v) is 9.56. The van der Waals surface area contributed by atoms with Gasteiger partial charge in [-0.2, -0.15) is 0 Å². The third kappa shape index (κ3) is 2.54. The summed E-state index contributed by atoms with van der Waals surface area (Å²) in [5, 5.41) is 6.07. The average Bonchev–Trinajstić information content (AvgIpc) is 2.66. The molecule has 0 aromatic carbocycles. The van der Waals surface area contributed by atoms with Gasteiger partial charge < -0.3 is 10.6 Å². The maximum atomic E-state index is 11.8. The molecule has 2 N–H and O–H groups in total. The summed E-state index contributed by atoms with van der Waals surface area (Å²) in [6.45, 7) is 2.90. The summed E-state index contributed by atoms with van der Waals surface area (Å²) in [6, 6.07) is -0.0418. The number of hydrogen-bond acceptors (Lipinski definition) is 4. The molecule has 1 aliphatic heterocycles. The van der Waals surface area contributed by atoms with Gasteiger partial charge in [0.1, 0.15) is 5.82 Å². The van der Waals surface area contributed by atoms with Crippen molar-refractivity contribution in [2.45, 2.75) is 32.2 Å². The minimum atomic E-state index is -0.0418. The summed E-state index contributed by atoms with van der Waals surface area (Å²) in [5.41, 5.74) is 1.75. The molecule has 82 valence electrons. The number of hydrogen-bond donors (Lipinski definition) is 2. The molecule has 0 unspecified atom stereocenters. The number of piperidine rings is 1. The maximum absolute atomic E-state index is 11.8. The number of amides is 1. The lowest BCUT2D eigenvalue weighted by Crippen LogP contribution is -2.43. The second-order valence-electron chi connectivity index (χ2n) is 3.75. The highest BCUT2D eigenvalue weighted by Gasteiger charge is 2.21. The van der Waals surface area contributed by atoms with Crippen LogP contribution in [0.5, 0.6) is 0 Å². The van der Waals surface area contributed by atoms with Crippen LogP contribution in [0, 0.1) is 6.92 Å². The van der Waals surface area contributed by atoms with Crippen LogP contribution in [0.3, 0.4) is 0 Å². The third-order valence-electron chi connectivity index (χ3n) is 2.61. The topological polar surface area (TPSA) is 54.0 Å². The molecule has 1 aromatic heterocycles. The SMILES string of the molecule is Cc1scnc1NC(=O)[C@@H]1CCCCN1. The predicted octanol–water partition coefficient (Wildman–Crippen LogP) is 1.53. The number of aromatic nitrogens is 1. The van der Waals surface area contributed by atoms with Gasteiger partial charge in [0, 0.05) is 4.88 Å². The standard InChI is InChI=1S/C10H15N3OS/c1-7-9(12-6-15-7)13-10(14)8-4-2-3-5-11-8/h6,8,11H,2-5H2,1H3,(H,13,14)/t8-/m0/s1. The van der Waals surface area contributed by atoms with Gasteiger partial charge in [0.05, 0.1) is 11.6 Å². The lowest BCUT2D eigenvalue weighted by molar-refractivity contribution is -0.118. The molecule has 0 saturated carbocycles. The molecule has 0 aliphatic carbocycles. The first-order valence-electron chi connectivity index (χ1n) is 5.21. The van der Waals surface area contributed by atoms with E-state index in [4.69, 9.17) is 0 Å². The van der Waals surface area contributed by atoms with Gasteiger partial charge in [-0.3, -0.25) is 4.79 Å². The zero-order chi connectivity index (χ0) is 10.7. The molecule has 1 atom stereocenters. The van der Waals surface area contributed by atoms with Crippen molar-refractivity contribution in [3.05, 3.63) is 10.4 Å². The van der Waals surface area contributed by atoms with Gasteiger partial charge in [-0.25, -0.2) is 4.98 Å². The van der Waals surface area contributed by atoms with E-state index < -0.39 is 0 Å². The van der Waals surface area contributed by atoms with Crippen LogP contribution < -0.4 is 10.6 Å². The molecule has 0 bridgehead atoms. The molecule has 0 spiro atoms. The number of carbonyl (C=O) groups is 1. The third-order valence-corrected chi connectivity index (χ3v) is 3.37. The minimum absolute atomic E-state index is 0.0418. The quantitative estimate of drug-likeness (QED) is 0.802. The van der Waals surface area contributed by atoms with Crippen LogP contribution in [0.15, 0.2) is 5.51 Å². The first-order valence-corrected chi connectivity index (χ1v) is 6.09. The minimum Gasteiger partial charge on any atom is -0.308 e. The summed E-state index contributed by atoms with van der Waals surface area (Å²) >= 11 is 1.55. The number of carbonyl (C=O) groups excluding carboxylic acids is 1. The molecule has 0 radical (unpaired) electrons. The molecule has 1 aromatic rings.